The molecule has 6 rings (SSSR count). The Hall–Kier alpha value is -2.99. The molecule has 8 nitrogen and oxygen atoms in total. The number of nitriles is 1. The van der Waals surface area contributed by atoms with Crippen LogP contribution in [-0.4, -0.2) is 65.1 Å². The Balaban J connectivity index is 1.21. The van der Waals surface area contributed by atoms with Crippen molar-refractivity contribution in [2.75, 3.05) is 26.2 Å². The monoisotopic (exact) mass is 485 g/mol. The Morgan fingerprint density at radius 3 is 2.72 bits per heavy atom. The van der Waals surface area contributed by atoms with Gasteiger partial charge in [-0.3, -0.25) is 15.3 Å². The summed E-state index contributed by atoms with van der Waals surface area (Å²) in [5.74, 6) is 1.15. The van der Waals surface area contributed by atoms with Gasteiger partial charge in [-0.15, -0.1) is 0 Å². The number of hydrogen-bond donors (Lipinski definition) is 3. The molecule has 0 bridgehead atoms. The fraction of sp³-hybridized carbons (Fsp3) is 0.536. The van der Waals surface area contributed by atoms with E-state index in [0.29, 0.717) is 24.3 Å². The molecule has 0 spiro atoms. The molecule has 1 aliphatic carbocycles. The maximum atomic E-state index is 13.5. The fourth-order valence-electron chi connectivity index (χ4n) is 7.09. The largest absolute Gasteiger partial charge is 0.335 e. The first-order valence-electron chi connectivity index (χ1n) is 13.3. The number of amides is 2. The molecular weight excluding hydrogens is 450 g/mol. The van der Waals surface area contributed by atoms with Crippen LogP contribution in [-0.2, 0) is 0 Å². The van der Waals surface area contributed by atoms with Crippen LogP contribution in [0.25, 0.3) is 0 Å². The van der Waals surface area contributed by atoms with Crippen molar-refractivity contribution in [3.8, 4) is 6.07 Å². The smallest absolute Gasteiger partial charge is 0.317 e. The van der Waals surface area contributed by atoms with Crippen molar-refractivity contribution >= 4 is 6.03 Å². The SMILES string of the molecule is Cc1cc(C2NNC3CC4NC(=O)N([C@@H]5CN(CCC#N)C[C@H]5c5ccccc5)CC4CC32)ccn1. The number of hydrogen-bond acceptors (Lipinski definition) is 6. The Morgan fingerprint density at radius 1 is 1.06 bits per heavy atom. The van der Waals surface area contributed by atoms with Gasteiger partial charge in [0.25, 0.3) is 0 Å². The third kappa shape index (κ3) is 4.36. The Kier molecular flexibility index (Phi) is 6.38. The third-order valence-corrected chi connectivity index (χ3v) is 8.83. The summed E-state index contributed by atoms with van der Waals surface area (Å²) in [5.41, 5.74) is 10.7. The minimum atomic E-state index is 0.0648. The molecule has 1 saturated carbocycles. The number of fused-ring (bicyclic) bond motifs is 2. The van der Waals surface area contributed by atoms with Gasteiger partial charge in [0.2, 0.25) is 0 Å². The van der Waals surface area contributed by atoms with Crippen LogP contribution in [0.5, 0.6) is 0 Å². The van der Waals surface area contributed by atoms with Gasteiger partial charge in [0, 0.05) is 62.5 Å². The first kappa shape index (κ1) is 23.4. The number of hydrazine groups is 1. The van der Waals surface area contributed by atoms with Gasteiger partial charge in [0.1, 0.15) is 0 Å². The van der Waals surface area contributed by atoms with Crippen molar-refractivity contribution in [1.82, 2.24) is 31.0 Å². The second kappa shape index (κ2) is 9.81. The number of rotatable bonds is 5. The minimum absolute atomic E-state index is 0.0648. The van der Waals surface area contributed by atoms with Crippen molar-refractivity contribution in [2.45, 2.75) is 56.3 Å². The van der Waals surface area contributed by atoms with E-state index in [1.807, 2.05) is 19.2 Å². The van der Waals surface area contributed by atoms with Crippen LogP contribution in [0, 0.1) is 30.1 Å². The Bertz CT molecular complexity index is 1130. The summed E-state index contributed by atoms with van der Waals surface area (Å²) in [5, 5.41) is 12.5. The van der Waals surface area contributed by atoms with Gasteiger partial charge in [-0.2, -0.15) is 5.26 Å². The van der Waals surface area contributed by atoms with E-state index < -0.39 is 0 Å². The zero-order chi connectivity index (χ0) is 24.6. The van der Waals surface area contributed by atoms with Crippen LogP contribution >= 0.6 is 0 Å². The molecule has 188 valence electrons. The maximum Gasteiger partial charge on any atom is 0.317 e. The highest BCUT2D eigenvalue weighted by Crippen LogP contribution is 2.43. The Morgan fingerprint density at radius 2 is 1.92 bits per heavy atom. The van der Waals surface area contributed by atoms with Crippen molar-refractivity contribution in [3.63, 3.8) is 0 Å². The van der Waals surface area contributed by atoms with Gasteiger partial charge < -0.3 is 10.2 Å². The van der Waals surface area contributed by atoms with Gasteiger partial charge in [0.05, 0.1) is 18.2 Å². The van der Waals surface area contributed by atoms with E-state index >= 15 is 0 Å². The molecule has 1 aromatic heterocycles. The first-order valence-corrected chi connectivity index (χ1v) is 13.3. The standard InChI is InChI=1S/C28H35N7O/c1-18-12-20(8-10-30-18)27-22-13-21-15-35(28(36)31-24(21)14-25(22)32-33-27)26-17-34(11-5-9-29)16-23(26)19-6-3-2-4-7-19/h2-4,6-8,10,12,21-27,32-33H,5,11,13-17H2,1H3,(H,31,36)/t21?,22?,23-,24?,25?,26+,27?/m0/s1. The number of pyridine rings is 1. The van der Waals surface area contributed by atoms with Crippen molar-refractivity contribution < 1.29 is 4.79 Å². The predicted octanol–water partition coefficient (Wildman–Crippen LogP) is 2.71. The van der Waals surface area contributed by atoms with Crippen LogP contribution < -0.4 is 16.2 Å². The number of likely N-dealkylation sites (tertiary alicyclic amines) is 1. The molecule has 0 radical (unpaired) electrons. The predicted molar refractivity (Wildman–Crippen MR) is 137 cm³/mol. The average molecular weight is 486 g/mol. The van der Waals surface area contributed by atoms with E-state index in [1.165, 1.54) is 11.1 Å². The molecule has 4 heterocycles. The van der Waals surface area contributed by atoms with E-state index in [4.69, 9.17) is 5.26 Å². The lowest BCUT2D eigenvalue weighted by atomic mass is 9.71. The molecule has 4 fully saturated rings. The fourth-order valence-corrected chi connectivity index (χ4v) is 7.09. The number of benzene rings is 1. The number of nitrogens with one attached hydrogen (secondary N) is 3. The Labute approximate surface area is 213 Å². The van der Waals surface area contributed by atoms with Gasteiger partial charge in [-0.1, -0.05) is 30.3 Å². The van der Waals surface area contributed by atoms with E-state index in [-0.39, 0.29) is 30.1 Å². The van der Waals surface area contributed by atoms with Crippen molar-refractivity contribution in [1.29, 1.82) is 5.26 Å². The van der Waals surface area contributed by atoms with Crippen LogP contribution in [0.2, 0.25) is 0 Å². The molecule has 2 aromatic rings. The summed E-state index contributed by atoms with van der Waals surface area (Å²) >= 11 is 0. The number of urea groups is 1. The summed E-state index contributed by atoms with van der Waals surface area (Å²) in [7, 11) is 0. The lowest BCUT2D eigenvalue weighted by molar-refractivity contribution is 0.0786. The van der Waals surface area contributed by atoms with E-state index in [0.717, 1.165) is 44.7 Å². The van der Waals surface area contributed by atoms with Gasteiger partial charge in [-0.05, 0) is 54.9 Å². The molecule has 1 aromatic carbocycles. The zero-order valence-electron chi connectivity index (χ0n) is 20.8. The van der Waals surface area contributed by atoms with Gasteiger partial charge in [-0.25, -0.2) is 10.2 Å². The zero-order valence-corrected chi connectivity index (χ0v) is 20.8. The second-order valence-corrected chi connectivity index (χ2v) is 11.0. The number of aryl methyl sites for hydroxylation is 1. The van der Waals surface area contributed by atoms with E-state index in [1.54, 1.807) is 0 Å². The molecular formula is C28H35N7O. The maximum absolute atomic E-state index is 13.5. The summed E-state index contributed by atoms with van der Waals surface area (Å²) in [6.45, 7) is 5.30. The average Bonchev–Trinajstić information content (AvgIpc) is 3.50. The minimum Gasteiger partial charge on any atom is -0.335 e. The number of nitrogens with zero attached hydrogens (tertiary/aromatic N) is 4. The highest BCUT2D eigenvalue weighted by atomic mass is 16.2. The summed E-state index contributed by atoms with van der Waals surface area (Å²) in [4.78, 5) is 22.3. The van der Waals surface area contributed by atoms with Crippen molar-refractivity contribution in [3.05, 3.63) is 65.5 Å². The first-order chi connectivity index (χ1) is 17.6. The highest BCUT2D eigenvalue weighted by Gasteiger charge is 2.50. The second-order valence-electron chi connectivity index (χ2n) is 11.0. The number of carbonyl (C=O) groups excluding carboxylic acids is 1. The molecule has 5 unspecified atom stereocenters. The summed E-state index contributed by atoms with van der Waals surface area (Å²) in [6, 6.07) is 18.1. The molecule has 4 aliphatic rings. The molecule has 7 atom stereocenters. The molecule has 3 saturated heterocycles. The normalized spacial score (nSPS) is 34.1. The van der Waals surface area contributed by atoms with E-state index in [9.17, 15) is 4.79 Å². The van der Waals surface area contributed by atoms with E-state index in [2.05, 4.69) is 73.4 Å². The third-order valence-electron chi connectivity index (χ3n) is 8.83. The van der Waals surface area contributed by atoms with Crippen LogP contribution in [0.15, 0.2) is 48.7 Å². The molecule has 8 heteroatoms. The molecule has 2 amide bonds. The lowest BCUT2D eigenvalue weighted by Gasteiger charge is -2.48. The summed E-state index contributed by atoms with van der Waals surface area (Å²) in [6.07, 6.45) is 4.43. The number of aromatic nitrogens is 1. The van der Waals surface area contributed by atoms with Crippen LogP contribution in [0.3, 0.4) is 0 Å². The van der Waals surface area contributed by atoms with Gasteiger partial charge in [0.15, 0.2) is 0 Å². The van der Waals surface area contributed by atoms with Crippen LogP contribution in [0.4, 0.5) is 4.79 Å². The quantitative estimate of drug-likeness (QED) is 0.603. The summed E-state index contributed by atoms with van der Waals surface area (Å²) < 4.78 is 0. The molecule has 36 heavy (non-hydrogen) atoms. The molecule has 3 aliphatic heterocycles. The number of carbonyl (C=O) groups is 1. The van der Waals surface area contributed by atoms with Gasteiger partial charge >= 0.3 is 6.03 Å². The van der Waals surface area contributed by atoms with Crippen LogP contribution in [0.1, 0.15) is 48.0 Å². The molecule has 3 N–H and O–H groups in total. The topological polar surface area (TPSA) is 96.3 Å². The lowest BCUT2D eigenvalue weighted by Crippen LogP contribution is -2.63. The highest BCUT2D eigenvalue weighted by molar-refractivity contribution is 5.76. The van der Waals surface area contributed by atoms with Crippen molar-refractivity contribution in [2.24, 2.45) is 11.8 Å².